The molecule has 0 amide bonds. The van der Waals surface area contributed by atoms with Crippen molar-refractivity contribution in [2.45, 2.75) is 16.2 Å². The lowest BCUT2D eigenvalue weighted by molar-refractivity contribution is 0.417. The summed E-state index contributed by atoms with van der Waals surface area (Å²) in [5.41, 5.74) is 4.14. The maximum Gasteiger partial charge on any atom is 0.0201 e. The van der Waals surface area contributed by atoms with Crippen LogP contribution in [-0.4, -0.2) is 25.5 Å². The third-order valence-corrected chi connectivity index (χ3v) is 5.38. The summed E-state index contributed by atoms with van der Waals surface area (Å²) in [6.45, 7) is 1.08. The first-order chi connectivity index (χ1) is 10.1. The molecule has 2 aromatic rings. The van der Waals surface area contributed by atoms with Crippen molar-refractivity contribution in [3.8, 4) is 0 Å². The summed E-state index contributed by atoms with van der Waals surface area (Å²) in [6.07, 6.45) is 3.47. The number of rotatable bonds is 3. The Labute approximate surface area is 156 Å². The van der Waals surface area contributed by atoms with Crippen LogP contribution in [0.1, 0.15) is 17.5 Å². The zero-order valence-electron chi connectivity index (χ0n) is 12.7. The second kappa shape index (κ2) is 7.86. The molecule has 22 heavy (non-hydrogen) atoms. The molecule has 1 aliphatic rings. The molecule has 1 aliphatic heterocycles. The molecule has 0 fully saturated rings. The van der Waals surface area contributed by atoms with Crippen LogP contribution in [0.5, 0.6) is 0 Å². The van der Waals surface area contributed by atoms with Gasteiger partial charge < -0.3 is 4.90 Å². The summed E-state index contributed by atoms with van der Waals surface area (Å²) in [7, 11) is 4.25. The molecule has 4 heteroatoms. The van der Waals surface area contributed by atoms with Crippen molar-refractivity contribution in [2.24, 2.45) is 0 Å². The van der Waals surface area contributed by atoms with Gasteiger partial charge in [-0.25, -0.2) is 0 Å². The third-order valence-electron chi connectivity index (χ3n) is 3.55. The lowest BCUT2D eigenvalue weighted by Gasteiger charge is -2.22. The van der Waals surface area contributed by atoms with Crippen molar-refractivity contribution in [1.29, 1.82) is 0 Å². The maximum atomic E-state index is 2.40. The van der Waals surface area contributed by atoms with Crippen LogP contribution in [0.2, 0.25) is 0 Å². The molecule has 0 atom stereocenters. The van der Waals surface area contributed by atoms with Gasteiger partial charge in [-0.05, 0) is 84.1 Å². The number of benzene rings is 2. The Morgan fingerprint density at radius 2 is 1.77 bits per heavy atom. The van der Waals surface area contributed by atoms with Crippen LogP contribution >= 0.6 is 46.8 Å². The van der Waals surface area contributed by atoms with Crippen LogP contribution in [0.25, 0.3) is 5.57 Å². The highest BCUT2D eigenvalue weighted by molar-refractivity contribution is 14.1. The summed E-state index contributed by atoms with van der Waals surface area (Å²) in [6, 6.07) is 15.5. The Kier molecular flexibility index (Phi) is 6.38. The molecule has 1 nitrogen and oxygen atoms in total. The van der Waals surface area contributed by atoms with E-state index in [1.165, 1.54) is 30.1 Å². The predicted octanol–water partition coefficient (Wildman–Crippen LogP) is 5.56. The molecule has 0 saturated carbocycles. The molecule has 0 aromatic heterocycles. The normalized spacial score (nSPS) is 14.5. The van der Waals surface area contributed by atoms with Gasteiger partial charge in [0.25, 0.3) is 0 Å². The van der Waals surface area contributed by atoms with E-state index >= 15 is 0 Å². The zero-order chi connectivity index (χ0) is 14.8. The summed E-state index contributed by atoms with van der Waals surface area (Å²) in [5, 5.41) is 0. The van der Waals surface area contributed by atoms with Crippen molar-refractivity contribution in [3.05, 3.63) is 63.2 Å². The molecule has 2 aromatic carbocycles. The minimum absolute atomic E-state index is 0. The average molecular weight is 444 g/mol. The van der Waals surface area contributed by atoms with Gasteiger partial charge in [-0.15, -0.1) is 12.4 Å². The fourth-order valence-corrected chi connectivity index (χ4v) is 4.11. The number of fused-ring (bicyclic) bond motifs is 2. The van der Waals surface area contributed by atoms with E-state index in [-0.39, 0.29) is 12.4 Å². The molecular formula is C18H19ClINS. The highest BCUT2D eigenvalue weighted by Crippen LogP contribution is 2.45. The van der Waals surface area contributed by atoms with Crippen LogP contribution in [0.4, 0.5) is 0 Å². The highest BCUT2D eigenvalue weighted by Gasteiger charge is 2.20. The fourth-order valence-electron chi connectivity index (χ4n) is 2.53. The van der Waals surface area contributed by atoms with Crippen LogP contribution < -0.4 is 0 Å². The average Bonchev–Trinajstić information content (AvgIpc) is 2.46. The van der Waals surface area contributed by atoms with Crippen LogP contribution in [0, 0.1) is 3.57 Å². The minimum Gasteiger partial charge on any atom is -0.309 e. The quantitative estimate of drug-likeness (QED) is 0.488. The van der Waals surface area contributed by atoms with Crippen molar-refractivity contribution in [2.75, 3.05) is 20.6 Å². The van der Waals surface area contributed by atoms with Gasteiger partial charge in [0, 0.05) is 19.9 Å². The lowest BCUT2D eigenvalue weighted by Crippen LogP contribution is -2.12. The summed E-state index contributed by atoms with van der Waals surface area (Å²) < 4.78 is 1.30. The number of nitrogens with zero attached hydrogens (tertiary/aromatic N) is 1. The van der Waals surface area contributed by atoms with Crippen molar-refractivity contribution in [3.63, 3.8) is 0 Å². The second-order valence-electron chi connectivity index (χ2n) is 5.45. The van der Waals surface area contributed by atoms with E-state index in [9.17, 15) is 0 Å². The molecule has 0 radical (unpaired) electrons. The van der Waals surface area contributed by atoms with Crippen LogP contribution in [0.3, 0.4) is 0 Å². The maximum absolute atomic E-state index is 2.40. The SMILES string of the molecule is CN(C)CC/C=C1\c2ccccc2Sc2ccc(I)cc21.Cl. The molecule has 0 saturated heterocycles. The molecule has 1 heterocycles. The summed E-state index contributed by atoms with van der Waals surface area (Å²) >= 11 is 4.28. The number of halogens is 2. The number of hydrogen-bond donors (Lipinski definition) is 0. The first-order valence-corrected chi connectivity index (χ1v) is 8.97. The van der Waals surface area contributed by atoms with Gasteiger partial charge in [-0.1, -0.05) is 36.0 Å². The highest BCUT2D eigenvalue weighted by atomic mass is 127. The first-order valence-electron chi connectivity index (χ1n) is 7.07. The standard InChI is InChI=1S/C18H18INS.ClH/c1-20(2)11-5-7-14-15-6-3-4-8-17(15)21-18-10-9-13(19)12-16(14)18;/h3-4,6-10,12H,5,11H2,1-2H3;1H/b14-7+;. The second-order valence-corrected chi connectivity index (χ2v) is 7.78. The Hall–Kier alpha value is -0.490. The topological polar surface area (TPSA) is 3.24 Å². The Bertz CT molecular complexity index is 697. The van der Waals surface area contributed by atoms with E-state index in [0.29, 0.717) is 0 Å². The molecule has 0 aliphatic carbocycles. The van der Waals surface area contributed by atoms with Crippen molar-refractivity contribution >= 4 is 52.3 Å². The van der Waals surface area contributed by atoms with E-state index in [2.05, 4.69) is 90.1 Å². The van der Waals surface area contributed by atoms with Gasteiger partial charge in [0.15, 0.2) is 0 Å². The minimum atomic E-state index is 0. The molecule has 116 valence electrons. The van der Waals surface area contributed by atoms with Gasteiger partial charge in [0.2, 0.25) is 0 Å². The number of hydrogen-bond acceptors (Lipinski definition) is 2. The van der Waals surface area contributed by atoms with E-state index < -0.39 is 0 Å². The monoisotopic (exact) mass is 443 g/mol. The molecular weight excluding hydrogens is 425 g/mol. The van der Waals surface area contributed by atoms with Gasteiger partial charge in [0.05, 0.1) is 0 Å². The lowest BCUT2D eigenvalue weighted by atomic mass is 9.96. The third kappa shape index (κ3) is 3.88. The Morgan fingerprint density at radius 3 is 2.55 bits per heavy atom. The van der Waals surface area contributed by atoms with Crippen molar-refractivity contribution < 1.29 is 0 Å². The Morgan fingerprint density at radius 1 is 1.05 bits per heavy atom. The molecule has 0 unspecified atom stereocenters. The van der Waals surface area contributed by atoms with Crippen LogP contribution in [-0.2, 0) is 0 Å². The Balaban J connectivity index is 0.00000176. The van der Waals surface area contributed by atoms with E-state index in [4.69, 9.17) is 0 Å². The molecule has 3 rings (SSSR count). The smallest absolute Gasteiger partial charge is 0.0201 e. The largest absolute Gasteiger partial charge is 0.309 e. The molecule has 0 bridgehead atoms. The van der Waals surface area contributed by atoms with Crippen LogP contribution in [0.15, 0.2) is 58.3 Å². The summed E-state index contributed by atoms with van der Waals surface area (Å²) in [4.78, 5) is 4.96. The molecule has 0 N–H and O–H groups in total. The summed E-state index contributed by atoms with van der Waals surface area (Å²) in [5.74, 6) is 0. The van der Waals surface area contributed by atoms with E-state index in [1.807, 2.05) is 11.8 Å². The predicted molar refractivity (Wildman–Crippen MR) is 107 cm³/mol. The fraction of sp³-hybridized carbons (Fsp3) is 0.222. The first kappa shape index (κ1) is 17.9. The van der Waals surface area contributed by atoms with Gasteiger partial charge in [0.1, 0.15) is 0 Å². The van der Waals surface area contributed by atoms with E-state index in [1.54, 1.807) is 0 Å². The van der Waals surface area contributed by atoms with Crippen molar-refractivity contribution in [1.82, 2.24) is 4.90 Å². The van der Waals surface area contributed by atoms with E-state index in [0.717, 1.165) is 13.0 Å². The molecule has 0 spiro atoms. The van der Waals surface area contributed by atoms with Gasteiger partial charge in [-0.2, -0.15) is 0 Å². The van der Waals surface area contributed by atoms with Gasteiger partial charge >= 0.3 is 0 Å². The van der Waals surface area contributed by atoms with Gasteiger partial charge in [-0.3, -0.25) is 0 Å². The zero-order valence-corrected chi connectivity index (χ0v) is 16.5.